The van der Waals surface area contributed by atoms with E-state index >= 15 is 0 Å². The van der Waals surface area contributed by atoms with Crippen molar-refractivity contribution in [1.82, 2.24) is 10.2 Å². The van der Waals surface area contributed by atoms with Crippen molar-refractivity contribution in [1.29, 1.82) is 0 Å². The van der Waals surface area contributed by atoms with Gasteiger partial charge in [0.15, 0.2) is 0 Å². The molecule has 1 unspecified atom stereocenters. The maximum absolute atomic E-state index is 9.57. The monoisotopic (exact) mass is 192 g/mol. The minimum atomic E-state index is -0.680. The summed E-state index contributed by atoms with van der Waals surface area (Å²) in [6.45, 7) is 1.73. The van der Waals surface area contributed by atoms with Gasteiger partial charge in [-0.3, -0.25) is 0 Å². The van der Waals surface area contributed by atoms with Gasteiger partial charge in [-0.2, -0.15) is 0 Å². The molecule has 0 aromatic carbocycles. The fourth-order valence-electron chi connectivity index (χ4n) is 0.920. The SMILES string of the molecule is CC#CCC(O)c1ccc(OC)nn1. The molecular formula is C10H12N2O2. The highest BCUT2D eigenvalue weighted by Crippen LogP contribution is 2.14. The van der Waals surface area contributed by atoms with Gasteiger partial charge in [-0.25, -0.2) is 0 Å². The fraction of sp³-hybridized carbons (Fsp3) is 0.400. The molecule has 0 aliphatic rings. The van der Waals surface area contributed by atoms with E-state index < -0.39 is 6.10 Å². The van der Waals surface area contributed by atoms with Gasteiger partial charge in [0, 0.05) is 12.5 Å². The van der Waals surface area contributed by atoms with Gasteiger partial charge in [-0.15, -0.1) is 22.0 Å². The van der Waals surface area contributed by atoms with Crippen LogP contribution in [0.4, 0.5) is 0 Å². The molecule has 4 heteroatoms. The Hall–Kier alpha value is -1.60. The predicted octanol–water partition coefficient (Wildman–Crippen LogP) is 0.932. The van der Waals surface area contributed by atoms with E-state index in [1.165, 1.54) is 7.11 Å². The van der Waals surface area contributed by atoms with Gasteiger partial charge >= 0.3 is 0 Å². The quantitative estimate of drug-likeness (QED) is 0.724. The molecule has 0 aliphatic carbocycles. The van der Waals surface area contributed by atoms with Gasteiger partial charge in [0.1, 0.15) is 6.10 Å². The zero-order valence-electron chi connectivity index (χ0n) is 8.19. The van der Waals surface area contributed by atoms with Crippen LogP contribution in [-0.2, 0) is 0 Å². The summed E-state index contributed by atoms with van der Waals surface area (Å²) in [4.78, 5) is 0. The maximum Gasteiger partial charge on any atom is 0.233 e. The van der Waals surface area contributed by atoms with Crippen LogP contribution in [0, 0.1) is 11.8 Å². The molecule has 0 saturated heterocycles. The number of ether oxygens (including phenoxy) is 1. The number of methoxy groups -OCH3 is 1. The minimum Gasteiger partial charge on any atom is -0.480 e. The Morgan fingerprint density at radius 1 is 1.50 bits per heavy atom. The van der Waals surface area contributed by atoms with Crippen molar-refractivity contribution in [3.05, 3.63) is 17.8 Å². The molecule has 0 fully saturated rings. The highest BCUT2D eigenvalue weighted by molar-refractivity contribution is 5.14. The van der Waals surface area contributed by atoms with Crippen LogP contribution in [-0.4, -0.2) is 22.4 Å². The van der Waals surface area contributed by atoms with Crippen molar-refractivity contribution in [3.8, 4) is 17.7 Å². The number of nitrogens with zero attached hydrogens (tertiary/aromatic N) is 2. The topological polar surface area (TPSA) is 55.2 Å². The van der Waals surface area contributed by atoms with Gasteiger partial charge in [0.05, 0.1) is 12.8 Å². The Labute approximate surface area is 82.9 Å². The smallest absolute Gasteiger partial charge is 0.233 e. The highest BCUT2D eigenvalue weighted by atomic mass is 16.5. The van der Waals surface area contributed by atoms with Crippen molar-refractivity contribution in [2.24, 2.45) is 0 Å². The first-order chi connectivity index (χ1) is 6.77. The van der Waals surface area contributed by atoms with Crippen LogP contribution >= 0.6 is 0 Å². The predicted molar refractivity (Wildman–Crippen MR) is 51.6 cm³/mol. The van der Waals surface area contributed by atoms with Crippen LogP contribution < -0.4 is 4.74 Å². The van der Waals surface area contributed by atoms with Gasteiger partial charge < -0.3 is 9.84 Å². The highest BCUT2D eigenvalue weighted by Gasteiger charge is 2.07. The fourth-order valence-corrected chi connectivity index (χ4v) is 0.920. The molecule has 0 spiro atoms. The summed E-state index contributed by atoms with van der Waals surface area (Å²) < 4.78 is 4.85. The number of aliphatic hydroxyl groups excluding tert-OH is 1. The van der Waals surface area contributed by atoms with Crippen LogP contribution in [0.5, 0.6) is 5.88 Å². The molecule has 4 nitrogen and oxygen atoms in total. The van der Waals surface area contributed by atoms with Crippen molar-refractivity contribution in [2.75, 3.05) is 7.11 Å². The first kappa shape index (κ1) is 10.5. The lowest BCUT2D eigenvalue weighted by atomic mass is 10.2. The third kappa shape index (κ3) is 2.71. The first-order valence-corrected chi connectivity index (χ1v) is 4.23. The Morgan fingerprint density at radius 2 is 2.29 bits per heavy atom. The Bertz CT molecular complexity index is 337. The van der Waals surface area contributed by atoms with Gasteiger partial charge in [-0.1, -0.05) is 0 Å². The van der Waals surface area contributed by atoms with E-state index in [-0.39, 0.29) is 0 Å². The lowest BCUT2D eigenvalue weighted by molar-refractivity contribution is 0.177. The molecule has 1 rings (SSSR count). The van der Waals surface area contributed by atoms with Crippen LogP contribution in [0.25, 0.3) is 0 Å². The average Bonchev–Trinajstić information content (AvgIpc) is 2.26. The van der Waals surface area contributed by atoms with Gasteiger partial charge in [0.2, 0.25) is 5.88 Å². The van der Waals surface area contributed by atoms with E-state index in [0.29, 0.717) is 18.0 Å². The molecule has 1 aromatic heterocycles. The van der Waals surface area contributed by atoms with E-state index in [1.54, 1.807) is 19.1 Å². The minimum absolute atomic E-state index is 0.373. The summed E-state index contributed by atoms with van der Waals surface area (Å²) in [6, 6.07) is 3.33. The molecule has 0 aliphatic heterocycles. The first-order valence-electron chi connectivity index (χ1n) is 4.23. The van der Waals surface area contributed by atoms with Crippen LogP contribution in [0.15, 0.2) is 12.1 Å². The van der Waals surface area contributed by atoms with E-state index in [2.05, 4.69) is 22.0 Å². The molecule has 0 saturated carbocycles. The molecule has 0 radical (unpaired) electrons. The van der Waals surface area contributed by atoms with Crippen LogP contribution in [0.1, 0.15) is 25.1 Å². The number of hydrogen-bond acceptors (Lipinski definition) is 4. The van der Waals surface area contributed by atoms with E-state index in [9.17, 15) is 5.11 Å². The second-order valence-electron chi connectivity index (χ2n) is 2.65. The van der Waals surface area contributed by atoms with Crippen molar-refractivity contribution < 1.29 is 9.84 Å². The van der Waals surface area contributed by atoms with E-state index in [0.717, 1.165) is 0 Å². The van der Waals surface area contributed by atoms with Crippen LogP contribution in [0.3, 0.4) is 0 Å². The molecule has 0 amide bonds. The van der Waals surface area contributed by atoms with Crippen molar-refractivity contribution in [3.63, 3.8) is 0 Å². The number of rotatable bonds is 3. The largest absolute Gasteiger partial charge is 0.480 e. The lowest BCUT2D eigenvalue weighted by Gasteiger charge is -2.05. The number of hydrogen-bond donors (Lipinski definition) is 1. The van der Waals surface area contributed by atoms with Crippen molar-refractivity contribution >= 4 is 0 Å². The summed E-state index contributed by atoms with van der Waals surface area (Å²) >= 11 is 0. The molecule has 1 N–H and O–H groups in total. The number of aliphatic hydroxyl groups is 1. The molecular weight excluding hydrogens is 180 g/mol. The van der Waals surface area contributed by atoms with E-state index in [1.807, 2.05) is 0 Å². The molecule has 1 aromatic rings. The zero-order valence-corrected chi connectivity index (χ0v) is 8.19. The summed E-state index contributed by atoms with van der Waals surface area (Å²) in [6.07, 6.45) is -0.307. The Balaban J connectivity index is 2.69. The molecule has 1 atom stereocenters. The van der Waals surface area contributed by atoms with Gasteiger partial charge in [0.25, 0.3) is 0 Å². The maximum atomic E-state index is 9.57. The number of aromatic nitrogens is 2. The molecule has 1 heterocycles. The summed E-state index contributed by atoms with van der Waals surface area (Å²) in [5.74, 6) is 5.92. The summed E-state index contributed by atoms with van der Waals surface area (Å²) in [5.41, 5.74) is 0.508. The molecule has 74 valence electrons. The van der Waals surface area contributed by atoms with Crippen LogP contribution in [0.2, 0.25) is 0 Å². The standard InChI is InChI=1S/C10H12N2O2/c1-3-4-5-9(13)8-6-7-10(14-2)12-11-8/h6-7,9,13H,5H2,1-2H3. The Kier molecular flexibility index (Phi) is 3.89. The third-order valence-corrected chi connectivity index (χ3v) is 1.68. The normalized spacial score (nSPS) is 11.4. The van der Waals surface area contributed by atoms with E-state index in [4.69, 9.17) is 4.74 Å². The van der Waals surface area contributed by atoms with Crippen molar-refractivity contribution in [2.45, 2.75) is 19.4 Å². The summed E-state index contributed by atoms with van der Waals surface area (Å²) in [7, 11) is 1.52. The van der Waals surface area contributed by atoms with Gasteiger partial charge in [-0.05, 0) is 13.0 Å². The second-order valence-corrected chi connectivity index (χ2v) is 2.65. The zero-order chi connectivity index (χ0) is 10.4. The second kappa shape index (κ2) is 5.20. The lowest BCUT2D eigenvalue weighted by Crippen LogP contribution is -2.01. The average molecular weight is 192 g/mol. The third-order valence-electron chi connectivity index (χ3n) is 1.68. The summed E-state index contributed by atoms with van der Waals surface area (Å²) in [5, 5.41) is 17.1. The molecule has 0 bridgehead atoms. The molecule has 14 heavy (non-hydrogen) atoms. The Morgan fingerprint density at radius 3 is 2.79 bits per heavy atom.